The summed E-state index contributed by atoms with van der Waals surface area (Å²) in [5.41, 5.74) is 1.13. The Morgan fingerprint density at radius 3 is 1.84 bits per heavy atom. The molecular weight excluding hydrogens is 352 g/mol. The van der Waals surface area contributed by atoms with Crippen LogP contribution in [-0.2, 0) is 11.1 Å². The van der Waals surface area contributed by atoms with Crippen LogP contribution in [0, 0.1) is 6.92 Å². The summed E-state index contributed by atoms with van der Waals surface area (Å²) in [6.45, 7) is 1.99. The Morgan fingerprint density at radius 1 is 0.760 bits per heavy atom. The van der Waals surface area contributed by atoms with Crippen LogP contribution >= 0.6 is 11.8 Å². The van der Waals surface area contributed by atoms with Crippen molar-refractivity contribution < 1.29 is 13.1 Å². The van der Waals surface area contributed by atoms with E-state index in [-0.39, 0.29) is 0 Å². The van der Waals surface area contributed by atoms with Gasteiger partial charge in [0.15, 0.2) is 0 Å². The normalized spacial score (nSPS) is 11.8. The van der Waals surface area contributed by atoms with Crippen LogP contribution in [0.2, 0.25) is 0 Å². The van der Waals surface area contributed by atoms with E-state index in [4.69, 9.17) is 8.92 Å². The van der Waals surface area contributed by atoms with Crippen LogP contribution in [0.4, 0.5) is 0 Å². The van der Waals surface area contributed by atoms with Gasteiger partial charge in [0, 0.05) is 4.90 Å². The maximum atomic E-state index is 12.3. The lowest BCUT2D eigenvalue weighted by atomic mass is 10.2. The SMILES string of the molecule is CSc1ccc(Oc2ccc(S(=O)Oc3ccc(C)cc3)cc2)cc1. The molecule has 0 radical (unpaired) electrons. The highest BCUT2D eigenvalue weighted by Gasteiger charge is 2.07. The smallest absolute Gasteiger partial charge is 0.240 e. The van der Waals surface area contributed by atoms with E-state index in [1.54, 1.807) is 36.0 Å². The van der Waals surface area contributed by atoms with E-state index in [0.717, 1.165) is 11.3 Å². The summed E-state index contributed by atoms with van der Waals surface area (Å²) in [5, 5.41) is 0. The van der Waals surface area contributed by atoms with Gasteiger partial charge < -0.3 is 8.92 Å². The Labute approximate surface area is 154 Å². The van der Waals surface area contributed by atoms with Gasteiger partial charge in [-0.05, 0) is 73.8 Å². The minimum absolute atomic E-state index is 0.582. The van der Waals surface area contributed by atoms with Gasteiger partial charge in [0.1, 0.15) is 17.2 Å². The Bertz CT molecular complexity index is 842. The van der Waals surface area contributed by atoms with Gasteiger partial charge in [-0.1, -0.05) is 17.7 Å². The van der Waals surface area contributed by atoms with Crippen molar-refractivity contribution in [3.63, 3.8) is 0 Å². The molecule has 0 spiro atoms. The summed E-state index contributed by atoms with van der Waals surface area (Å²) in [5.74, 6) is 2.04. The van der Waals surface area contributed by atoms with E-state index < -0.39 is 11.1 Å². The molecule has 0 N–H and O–H groups in total. The fraction of sp³-hybridized carbons (Fsp3) is 0.100. The van der Waals surface area contributed by atoms with E-state index in [1.165, 1.54) is 4.90 Å². The molecule has 0 saturated carbocycles. The molecule has 0 aliphatic heterocycles. The third-order valence-electron chi connectivity index (χ3n) is 3.50. The molecule has 3 aromatic carbocycles. The second kappa shape index (κ2) is 8.23. The molecule has 3 nitrogen and oxygen atoms in total. The van der Waals surface area contributed by atoms with Crippen molar-refractivity contribution in [3.05, 3.63) is 78.4 Å². The molecule has 25 heavy (non-hydrogen) atoms. The van der Waals surface area contributed by atoms with E-state index >= 15 is 0 Å². The summed E-state index contributed by atoms with van der Waals surface area (Å²) in [6.07, 6.45) is 2.04. The molecule has 0 saturated heterocycles. The number of hydrogen-bond donors (Lipinski definition) is 0. The molecule has 1 atom stereocenters. The second-order valence-corrected chi connectivity index (χ2v) is 7.37. The number of rotatable bonds is 6. The van der Waals surface area contributed by atoms with Gasteiger partial charge in [-0.3, -0.25) is 0 Å². The number of aryl methyl sites for hydroxylation is 1. The average molecular weight is 370 g/mol. The zero-order valence-electron chi connectivity index (χ0n) is 14.0. The third kappa shape index (κ3) is 4.87. The highest BCUT2D eigenvalue weighted by atomic mass is 32.2. The number of thioether (sulfide) groups is 1. The lowest BCUT2D eigenvalue weighted by Gasteiger charge is -2.08. The van der Waals surface area contributed by atoms with Gasteiger partial charge in [0.25, 0.3) is 0 Å². The third-order valence-corrected chi connectivity index (χ3v) is 5.25. The molecule has 0 bridgehead atoms. The van der Waals surface area contributed by atoms with Crippen molar-refractivity contribution in [1.29, 1.82) is 0 Å². The van der Waals surface area contributed by atoms with Crippen LogP contribution in [0.1, 0.15) is 5.56 Å². The van der Waals surface area contributed by atoms with Crippen LogP contribution in [0.25, 0.3) is 0 Å². The van der Waals surface area contributed by atoms with Gasteiger partial charge in [-0.25, -0.2) is 4.21 Å². The minimum Gasteiger partial charge on any atom is -0.457 e. The number of hydrogen-bond acceptors (Lipinski definition) is 4. The molecule has 0 fully saturated rings. The van der Waals surface area contributed by atoms with E-state index in [0.29, 0.717) is 16.4 Å². The first-order valence-corrected chi connectivity index (χ1v) is 10.0. The first kappa shape index (κ1) is 17.6. The molecule has 0 amide bonds. The lowest BCUT2D eigenvalue weighted by molar-refractivity contribution is 0.481. The van der Waals surface area contributed by atoms with Crippen LogP contribution < -0.4 is 8.92 Å². The van der Waals surface area contributed by atoms with Gasteiger partial charge in [-0.15, -0.1) is 11.8 Å². The minimum atomic E-state index is -1.56. The Kier molecular flexibility index (Phi) is 5.79. The highest BCUT2D eigenvalue weighted by Crippen LogP contribution is 2.25. The van der Waals surface area contributed by atoms with Crippen molar-refractivity contribution in [1.82, 2.24) is 0 Å². The van der Waals surface area contributed by atoms with E-state index in [1.807, 2.05) is 61.7 Å². The molecule has 1 unspecified atom stereocenters. The number of ether oxygens (including phenoxy) is 1. The molecule has 0 heterocycles. The second-order valence-electron chi connectivity index (χ2n) is 5.38. The predicted molar refractivity (Wildman–Crippen MR) is 103 cm³/mol. The first-order chi connectivity index (χ1) is 12.1. The largest absolute Gasteiger partial charge is 0.457 e. The van der Waals surface area contributed by atoms with Gasteiger partial charge in [-0.2, -0.15) is 0 Å². The van der Waals surface area contributed by atoms with E-state index in [9.17, 15) is 4.21 Å². The van der Waals surface area contributed by atoms with Gasteiger partial charge in [0.05, 0.1) is 4.90 Å². The zero-order chi connectivity index (χ0) is 17.6. The molecule has 5 heteroatoms. The van der Waals surface area contributed by atoms with E-state index in [2.05, 4.69) is 0 Å². The van der Waals surface area contributed by atoms with Crippen LogP contribution in [0.5, 0.6) is 17.2 Å². The van der Waals surface area contributed by atoms with Crippen LogP contribution in [-0.4, -0.2) is 10.5 Å². The Hall–Kier alpha value is -2.24. The van der Waals surface area contributed by atoms with Crippen LogP contribution in [0.15, 0.2) is 82.6 Å². The maximum Gasteiger partial charge on any atom is 0.240 e. The fourth-order valence-corrected chi connectivity index (χ4v) is 3.28. The lowest BCUT2D eigenvalue weighted by Crippen LogP contribution is -2.00. The Morgan fingerprint density at radius 2 is 1.28 bits per heavy atom. The highest BCUT2D eigenvalue weighted by molar-refractivity contribution is 7.98. The molecule has 0 aromatic heterocycles. The predicted octanol–water partition coefficient (Wildman–Crippen LogP) is 5.61. The first-order valence-electron chi connectivity index (χ1n) is 7.73. The molecule has 3 aromatic rings. The zero-order valence-corrected chi connectivity index (χ0v) is 15.6. The molecule has 128 valence electrons. The summed E-state index contributed by atoms with van der Waals surface area (Å²) >= 11 is 0.129. The van der Waals surface area contributed by atoms with Crippen molar-refractivity contribution in [3.8, 4) is 17.2 Å². The average Bonchev–Trinajstić information content (AvgIpc) is 2.65. The van der Waals surface area contributed by atoms with Gasteiger partial charge in [0.2, 0.25) is 11.1 Å². The maximum absolute atomic E-state index is 12.3. The standard InChI is InChI=1S/C20H18O3S2/c1-15-3-5-18(6-4-15)23-25(21)20-13-9-17(10-14-20)22-16-7-11-19(24-2)12-8-16/h3-14H,1-2H3. The van der Waals surface area contributed by atoms with Crippen molar-refractivity contribution in [2.45, 2.75) is 16.7 Å². The quantitative estimate of drug-likeness (QED) is 0.528. The molecular formula is C20H18O3S2. The molecule has 0 aliphatic rings. The van der Waals surface area contributed by atoms with Crippen LogP contribution in [0.3, 0.4) is 0 Å². The number of benzene rings is 3. The fourth-order valence-electron chi connectivity index (χ4n) is 2.13. The van der Waals surface area contributed by atoms with Crippen molar-refractivity contribution >= 4 is 22.8 Å². The summed E-state index contributed by atoms with van der Waals surface area (Å²) in [7, 11) is 0. The Balaban J connectivity index is 1.64. The molecule has 3 rings (SSSR count). The van der Waals surface area contributed by atoms with Gasteiger partial charge >= 0.3 is 0 Å². The van der Waals surface area contributed by atoms with Crippen molar-refractivity contribution in [2.24, 2.45) is 0 Å². The molecule has 0 aliphatic carbocycles. The van der Waals surface area contributed by atoms with Crippen molar-refractivity contribution in [2.75, 3.05) is 6.26 Å². The summed E-state index contributed by atoms with van der Waals surface area (Å²) < 4.78 is 23.5. The summed E-state index contributed by atoms with van der Waals surface area (Å²) in [6, 6.07) is 22.4. The monoisotopic (exact) mass is 370 g/mol. The topological polar surface area (TPSA) is 35.5 Å². The summed E-state index contributed by atoms with van der Waals surface area (Å²) in [4.78, 5) is 1.78.